The van der Waals surface area contributed by atoms with Crippen LogP contribution in [-0.2, 0) is 20.2 Å². The van der Waals surface area contributed by atoms with E-state index in [0.717, 1.165) is 30.3 Å². The number of carbonyl (C=O) groups is 1. The lowest BCUT2D eigenvalue weighted by Crippen LogP contribution is -2.58. The van der Waals surface area contributed by atoms with Crippen molar-refractivity contribution in [1.29, 1.82) is 0 Å². The first-order valence-corrected chi connectivity index (χ1v) is 11.1. The summed E-state index contributed by atoms with van der Waals surface area (Å²) in [6, 6.07) is 4.82. The third kappa shape index (κ3) is 4.35. The summed E-state index contributed by atoms with van der Waals surface area (Å²) >= 11 is 0. The average molecular weight is 485 g/mol. The smallest absolute Gasteiger partial charge is 0.335 e. The highest BCUT2D eigenvalue weighted by atomic mass is 32.2. The number of aromatic carboxylic acids is 1. The number of nitrogen functional groups attached to an aromatic ring is 1. The van der Waals surface area contributed by atoms with Gasteiger partial charge in [0, 0.05) is 10.8 Å². The number of carboxylic acids is 1. The molecule has 3 rings (SSSR count). The van der Waals surface area contributed by atoms with Gasteiger partial charge < -0.3 is 20.5 Å². The van der Waals surface area contributed by atoms with Crippen LogP contribution >= 0.6 is 0 Å². The van der Waals surface area contributed by atoms with E-state index in [4.69, 9.17) is 10.8 Å². The van der Waals surface area contributed by atoms with Gasteiger partial charge in [0.15, 0.2) is 16.4 Å². The number of fused-ring (bicyclic) bond motifs is 1. The number of azo groups is 1. The Morgan fingerprint density at radius 1 is 1.12 bits per heavy atom. The number of phenolic OH excluding ortho intramolecular Hbond substituents is 1. The molecule has 0 heterocycles. The summed E-state index contributed by atoms with van der Waals surface area (Å²) < 4.78 is 81.1. The van der Waals surface area contributed by atoms with E-state index >= 15 is 0 Å². The Morgan fingerprint density at radius 2 is 1.78 bits per heavy atom. The van der Waals surface area contributed by atoms with Crippen molar-refractivity contribution in [3.8, 4) is 5.75 Å². The van der Waals surface area contributed by atoms with Gasteiger partial charge in [-0.3, -0.25) is 4.55 Å². The molecule has 0 radical (unpaired) electrons. The first-order valence-electron chi connectivity index (χ1n) is 8.22. The highest BCUT2D eigenvalue weighted by Crippen LogP contribution is 2.40. The quantitative estimate of drug-likeness (QED) is 0.147. The molecule has 0 aliphatic heterocycles. The molecule has 12 nitrogen and oxygen atoms in total. The van der Waals surface area contributed by atoms with Crippen LogP contribution in [0.15, 0.2) is 51.3 Å². The number of aromatic hydroxyl groups is 1. The Bertz CT molecular complexity index is 1530. The fourth-order valence-electron chi connectivity index (χ4n) is 2.80. The van der Waals surface area contributed by atoms with Gasteiger partial charge in [-0.2, -0.15) is 8.42 Å². The molecule has 168 valence electrons. The Balaban J connectivity index is 2.29. The Labute approximate surface area is 178 Å². The lowest BCUT2D eigenvalue weighted by atomic mass is 10.1. The van der Waals surface area contributed by atoms with Crippen molar-refractivity contribution in [3.63, 3.8) is 0 Å². The monoisotopic (exact) mass is 485 g/mol. The number of hydrogen-bond acceptors (Lipinski definition) is 9. The standard InChI is InChI=1S/C17H12FN3O9S2/c18-10-4-7(17(23)24)1-2-12(10)20-21-15-13(32(28,29)30)5-8-3-9(31(25,26)27)6-11(19)14(8)16(15)22/h1-6,22H,19H2,(H,23,24)(H,25,26,27)(H,28,29,30). The number of benzene rings is 3. The van der Waals surface area contributed by atoms with Gasteiger partial charge in [-0.05, 0) is 41.8 Å². The fraction of sp³-hybridized carbons (Fsp3) is 0. The van der Waals surface area contributed by atoms with Gasteiger partial charge in [-0.25, -0.2) is 17.6 Å². The highest BCUT2D eigenvalue weighted by molar-refractivity contribution is 7.86. The number of nitrogens with two attached hydrogens (primary N) is 1. The van der Waals surface area contributed by atoms with Gasteiger partial charge in [0.25, 0.3) is 5.69 Å². The van der Waals surface area contributed by atoms with Crippen LogP contribution in [0, 0.1) is 5.82 Å². The minimum absolute atomic E-state index is 0.288. The van der Waals surface area contributed by atoms with Gasteiger partial charge in [0.1, 0.15) is 10.1 Å². The number of anilines is 1. The van der Waals surface area contributed by atoms with Crippen molar-refractivity contribution >= 4 is 54.0 Å². The summed E-state index contributed by atoms with van der Waals surface area (Å²) in [5, 5.41) is 24.4. The van der Waals surface area contributed by atoms with Crippen molar-refractivity contribution in [1.82, 2.24) is 0 Å². The van der Waals surface area contributed by atoms with Crippen molar-refractivity contribution < 1.29 is 50.5 Å². The summed E-state index contributed by atoms with van der Waals surface area (Å²) in [6.07, 6.45) is 0. The fourth-order valence-corrected chi connectivity index (χ4v) is 4.02. The third-order valence-corrected chi connectivity index (χ3v) is 5.92. The minimum Gasteiger partial charge on any atom is -0.744 e. The van der Waals surface area contributed by atoms with E-state index in [1.165, 1.54) is 0 Å². The second-order valence-corrected chi connectivity index (χ2v) is 9.10. The molecule has 0 bridgehead atoms. The SMILES string of the molecule is Nc1cc(S(=O)(=O)[O-])cc2cc(S(=O)(=O)O)c([NH+]=Nc3ccc(C(=O)O)cc3F)c(O)c12. The van der Waals surface area contributed by atoms with Crippen LogP contribution in [0.5, 0.6) is 5.75 Å². The van der Waals surface area contributed by atoms with Gasteiger partial charge in [0.2, 0.25) is 5.75 Å². The number of carboxylic acid groups (broad SMARTS) is 1. The van der Waals surface area contributed by atoms with Crippen LogP contribution in [0.4, 0.5) is 21.5 Å². The minimum atomic E-state index is -5.06. The zero-order chi connectivity index (χ0) is 24.0. The van der Waals surface area contributed by atoms with Crippen LogP contribution < -0.4 is 10.8 Å². The lowest BCUT2D eigenvalue weighted by molar-refractivity contribution is -0.437. The molecule has 0 aliphatic carbocycles. The Kier molecular flexibility index (Phi) is 5.60. The number of nitrogens with one attached hydrogen (secondary N) is 1. The summed E-state index contributed by atoms with van der Waals surface area (Å²) in [6.45, 7) is 0. The van der Waals surface area contributed by atoms with Crippen molar-refractivity contribution in [3.05, 3.63) is 47.8 Å². The summed E-state index contributed by atoms with van der Waals surface area (Å²) in [7, 11) is -10.1. The maximum absolute atomic E-state index is 14.1. The molecule has 0 saturated heterocycles. The molecule has 0 fully saturated rings. The van der Waals surface area contributed by atoms with Crippen LogP contribution in [0.3, 0.4) is 0 Å². The Hall–Kier alpha value is -3.66. The van der Waals surface area contributed by atoms with E-state index in [2.05, 4.69) is 10.2 Å². The van der Waals surface area contributed by atoms with Crippen molar-refractivity contribution in [2.75, 3.05) is 5.73 Å². The van der Waals surface area contributed by atoms with Crippen molar-refractivity contribution in [2.45, 2.75) is 9.79 Å². The molecule has 15 heteroatoms. The summed E-state index contributed by atoms with van der Waals surface area (Å²) in [5.74, 6) is -3.41. The normalized spacial score (nSPS) is 12.5. The average Bonchev–Trinajstić information content (AvgIpc) is 2.65. The molecule has 6 N–H and O–H groups in total. The lowest BCUT2D eigenvalue weighted by Gasteiger charge is -2.12. The second kappa shape index (κ2) is 7.79. The van der Waals surface area contributed by atoms with E-state index in [9.17, 15) is 40.2 Å². The highest BCUT2D eigenvalue weighted by Gasteiger charge is 2.28. The first kappa shape index (κ1) is 23.0. The van der Waals surface area contributed by atoms with Gasteiger partial charge in [0.05, 0.1) is 15.8 Å². The van der Waals surface area contributed by atoms with E-state index in [0.29, 0.717) is 6.07 Å². The summed E-state index contributed by atoms with van der Waals surface area (Å²) in [4.78, 5) is 9.07. The van der Waals surface area contributed by atoms with Crippen LogP contribution in [0.2, 0.25) is 0 Å². The molecule has 0 aliphatic rings. The molecule has 0 saturated carbocycles. The predicted octanol–water partition coefficient (Wildman–Crippen LogP) is 0.612. The third-order valence-electron chi connectivity index (χ3n) is 4.23. The molecular formula is C17H12FN3O9S2. The molecule has 0 atom stereocenters. The van der Waals surface area contributed by atoms with Gasteiger partial charge in [-0.1, -0.05) is 5.11 Å². The first-order chi connectivity index (χ1) is 14.7. The maximum atomic E-state index is 14.1. The van der Waals surface area contributed by atoms with Gasteiger partial charge in [-0.15, -0.1) is 0 Å². The van der Waals surface area contributed by atoms with Crippen LogP contribution in [0.1, 0.15) is 10.4 Å². The van der Waals surface area contributed by atoms with Crippen LogP contribution in [0.25, 0.3) is 10.8 Å². The molecule has 0 amide bonds. The van der Waals surface area contributed by atoms with E-state index < -0.39 is 64.6 Å². The molecule has 0 spiro atoms. The van der Waals surface area contributed by atoms with Gasteiger partial charge >= 0.3 is 16.1 Å². The number of nitrogens with zero attached hydrogens (tertiary/aromatic N) is 1. The second-order valence-electron chi connectivity index (χ2n) is 6.33. The van der Waals surface area contributed by atoms with E-state index in [1.807, 2.05) is 0 Å². The number of hydrogen-bond donors (Lipinski definition) is 5. The van der Waals surface area contributed by atoms with Crippen LogP contribution in [-0.4, -0.2) is 42.1 Å². The zero-order valence-electron chi connectivity index (χ0n) is 15.5. The molecule has 0 unspecified atom stereocenters. The zero-order valence-corrected chi connectivity index (χ0v) is 17.1. The Morgan fingerprint density at radius 3 is 2.31 bits per heavy atom. The number of rotatable bonds is 5. The molecular weight excluding hydrogens is 473 g/mol. The number of halogens is 1. The maximum Gasteiger partial charge on any atom is 0.335 e. The largest absolute Gasteiger partial charge is 0.744 e. The topological polar surface area (TPSA) is 221 Å². The molecule has 3 aromatic rings. The summed E-state index contributed by atoms with van der Waals surface area (Å²) in [5.41, 5.74) is 3.69. The van der Waals surface area contributed by atoms with Crippen molar-refractivity contribution in [2.24, 2.45) is 5.11 Å². The number of phenols is 1. The van der Waals surface area contributed by atoms with E-state index in [1.54, 1.807) is 0 Å². The molecule has 32 heavy (non-hydrogen) atoms. The molecule has 0 aromatic heterocycles. The van der Waals surface area contributed by atoms with E-state index in [-0.39, 0.29) is 16.3 Å². The predicted molar refractivity (Wildman–Crippen MR) is 104 cm³/mol. The molecule has 3 aromatic carbocycles.